The van der Waals surface area contributed by atoms with Gasteiger partial charge in [0.1, 0.15) is 0 Å². The van der Waals surface area contributed by atoms with Gasteiger partial charge >= 0.3 is 0 Å². The molecule has 3 aliphatic rings. The van der Waals surface area contributed by atoms with Gasteiger partial charge in [-0.3, -0.25) is 0 Å². The summed E-state index contributed by atoms with van der Waals surface area (Å²) in [4.78, 5) is 0. The Bertz CT molecular complexity index is 3840. The van der Waals surface area contributed by atoms with Crippen LogP contribution in [0.4, 0.5) is 0 Å². The summed E-state index contributed by atoms with van der Waals surface area (Å²) in [6, 6.07) is 41.0. The maximum Gasteiger partial charge on any atom is 0.0722 e. The fourth-order valence-electron chi connectivity index (χ4n) is 11.7. The van der Waals surface area contributed by atoms with Crippen molar-refractivity contribution in [3.63, 3.8) is 0 Å². The van der Waals surface area contributed by atoms with Crippen LogP contribution in [0.25, 0.3) is 140 Å². The molecule has 0 saturated carbocycles. The molecule has 0 nitrogen and oxygen atoms in total. The van der Waals surface area contributed by atoms with Gasteiger partial charge in [0.2, 0.25) is 0 Å². The predicted octanol–water partition coefficient (Wildman–Crippen LogP) is 13.0. The van der Waals surface area contributed by atoms with Gasteiger partial charge in [-0.15, -0.1) is 0 Å². The van der Waals surface area contributed by atoms with Crippen molar-refractivity contribution in [3.8, 4) is 0 Å². The molecule has 0 N–H and O–H groups in total. The van der Waals surface area contributed by atoms with E-state index < -0.39 is 0 Å². The highest BCUT2D eigenvalue weighted by molar-refractivity contribution is 6.53. The van der Waals surface area contributed by atoms with Gasteiger partial charge in [0.15, 0.2) is 0 Å². The Balaban J connectivity index is 1.46. The molecule has 0 heterocycles. The summed E-state index contributed by atoms with van der Waals surface area (Å²) in [6.45, 7) is 0. The molecule has 0 amide bonds. The smallest absolute Gasteiger partial charge is 0.0537 e. The van der Waals surface area contributed by atoms with Gasteiger partial charge < -0.3 is 0 Å². The number of hydrogen-bond acceptors (Lipinski definition) is 0. The third-order valence-electron chi connectivity index (χ3n) is 13.1. The summed E-state index contributed by atoms with van der Waals surface area (Å²) in [5, 5.41) is 37.0. The van der Waals surface area contributed by atoms with Crippen molar-refractivity contribution in [3.05, 3.63) is 126 Å². The van der Waals surface area contributed by atoms with Crippen molar-refractivity contribution in [1.82, 2.24) is 0 Å². The van der Waals surface area contributed by atoms with Gasteiger partial charge in [0, 0.05) is 91.6 Å². The van der Waals surface area contributed by atoms with E-state index in [-0.39, 0.29) is 0 Å². The molecular weight excluding hydrogens is 565 g/mol. The predicted molar refractivity (Wildman–Crippen MR) is 202 cm³/mol. The van der Waals surface area contributed by atoms with Crippen LogP contribution < -0.4 is 0 Å². The molecular formula is C47H17+. The third-order valence-corrected chi connectivity index (χ3v) is 13.1. The van der Waals surface area contributed by atoms with Crippen LogP contribution in [-0.2, 0) is 0 Å². The quantitative estimate of drug-likeness (QED) is 0.0949. The lowest BCUT2D eigenvalue weighted by Gasteiger charge is -2.34. The molecule has 0 heteroatoms. The lowest BCUT2D eigenvalue weighted by atomic mass is 9.62. The molecule has 16 rings (SSSR count). The van der Waals surface area contributed by atoms with E-state index in [1.165, 1.54) is 163 Å². The highest BCUT2D eigenvalue weighted by Gasteiger charge is 2.46. The first-order valence-electron chi connectivity index (χ1n) is 16.9. The van der Waals surface area contributed by atoms with Gasteiger partial charge in [-0.1, -0.05) is 54.6 Å². The van der Waals surface area contributed by atoms with E-state index >= 15 is 0 Å². The standard InChI is InChI=1S/C47H17/c1-5-20-13-22-9-11-24-15-25-12-10-23-14-21-6-2-19-4-8-27-17-28-16-26-7-3-18(1)29-31(20)40-35(22)37(24)42-38(25)36(23)41-32(21)30(19)34(27)44-39(28)43(33(26)29)45(40)47(42)46(41)44/h1-17H/q+1. The van der Waals surface area contributed by atoms with E-state index in [1.807, 2.05) is 0 Å². The van der Waals surface area contributed by atoms with Gasteiger partial charge in [0.25, 0.3) is 0 Å². The Morgan fingerprint density at radius 1 is 0.191 bits per heavy atom. The van der Waals surface area contributed by atoms with Crippen LogP contribution in [0, 0.1) is 5.92 Å². The first-order chi connectivity index (χ1) is 23.3. The average molecular weight is 582 g/mol. The van der Waals surface area contributed by atoms with E-state index in [4.69, 9.17) is 0 Å². The van der Waals surface area contributed by atoms with Gasteiger partial charge in [0.05, 0.1) is 33.4 Å². The average Bonchev–Trinajstić information content (AvgIpc) is 3.11. The van der Waals surface area contributed by atoms with Crippen LogP contribution in [0.15, 0.2) is 103 Å². The second-order valence-corrected chi connectivity index (χ2v) is 14.9. The number of benzene rings is 13. The molecule has 0 radical (unpaired) electrons. The topological polar surface area (TPSA) is 0 Å². The van der Waals surface area contributed by atoms with E-state index in [0.717, 1.165) is 0 Å². The largest absolute Gasteiger partial charge is 0.0722 e. The second kappa shape index (κ2) is 5.93. The summed E-state index contributed by atoms with van der Waals surface area (Å²) in [5.41, 5.74) is 4.48. The van der Waals surface area contributed by atoms with Crippen LogP contribution in [0.5, 0.6) is 0 Å². The molecule has 3 aliphatic carbocycles. The van der Waals surface area contributed by atoms with Gasteiger partial charge in [-0.05, 0) is 86.2 Å². The van der Waals surface area contributed by atoms with Crippen molar-refractivity contribution in [2.24, 2.45) is 0 Å². The van der Waals surface area contributed by atoms with Crippen molar-refractivity contribution in [2.45, 2.75) is 0 Å². The summed E-state index contributed by atoms with van der Waals surface area (Å²) < 4.78 is 0. The molecule has 13 aromatic carbocycles. The molecule has 204 valence electrons. The summed E-state index contributed by atoms with van der Waals surface area (Å²) in [5.74, 6) is 1.50. The molecule has 0 saturated heterocycles. The first-order valence-corrected chi connectivity index (χ1v) is 16.9. The zero-order valence-corrected chi connectivity index (χ0v) is 24.8. The van der Waals surface area contributed by atoms with Crippen molar-refractivity contribution < 1.29 is 0 Å². The Morgan fingerprint density at radius 2 is 0.426 bits per heavy atom. The summed E-state index contributed by atoms with van der Waals surface area (Å²) in [6.07, 6.45) is 0. The number of hydrogen-bond donors (Lipinski definition) is 0. The third kappa shape index (κ3) is 1.77. The Morgan fingerprint density at radius 3 is 0.894 bits per heavy atom. The summed E-state index contributed by atoms with van der Waals surface area (Å²) in [7, 11) is 0. The first kappa shape index (κ1) is 20.8. The maximum atomic E-state index is 2.51. The van der Waals surface area contributed by atoms with Crippen LogP contribution in [-0.4, -0.2) is 0 Å². The SMILES string of the molecule is c1cc2ccc3cc4cc5ccc6ccc7cc8ccc9cc%10ccc%11cc1c1c%12c%11c%10c%10c%11c%13c(c4c(c3c21)[C+]%12%11)c5c6c7c%13c8c9%10. The van der Waals surface area contributed by atoms with Gasteiger partial charge in [-0.25, -0.2) is 0 Å². The van der Waals surface area contributed by atoms with Crippen LogP contribution in [0.3, 0.4) is 0 Å². The second-order valence-electron chi connectivity index (χ2n) is 14.9. The van der Waals surface area contributed by atoms with Crippen molar-refractivity contribution >= 4 is 140 Å². The Labute approximate surface area is 265 Å². The molecule has 0 fully saturated rings. The minimum Gasteiger partial charge on any atom is -0.0537 e. The zero-order valence-electron chi connectivity index (χ0n) is 24.8. The zero-order chi connectivity index (χ0) is 29.3. The van der Waals surface area contributed by atoms with E-state index in [2.05, 4.69) is 103 Å². The minimum absolute atomic E-state index is 1.35. The lowest BCUT2D eigenvalue weighted by molar-refractivity contribution is 1.33. The van der Waals surface area contributed by atoms with Crippen LogP contribution >= 0.6 is 0 Å². The lowest BCUT2D eigenvalue weighted by Crippen LogP contribution is -2.18. The molecule has 47 heavy (non-hydrogen) atoms. The van der Waals surface area contributed by atoms with Crippen molar-refractivity contribution in [1.29, 1.82) is 0 Å². The molecule has 0 spiro atoms. The number of rotatable bonds is 0. The van der Waals surface area contributed by atoms with E-state index in [9.17, 15) is 0 Å². The fraction of sp³-hybridized carbons (Fsp3) is 0. The van der Waals surface area contributed by atoms with Crippen LogP contribution in [0.2, 0.25) is 0 Å². The summed E-state index contributed by atoms with van der Waals surface area (Å²) >= 11 is 0. The molecule has 13 aromatic rings. The minimum atomic E-state index is 1.35. The van der Waals surface area contributed by atoms with Crippen LogP contribution in [0.1, 0.15) is 16.7 Å². The molecule has 0 atom stereocenters. The monoisotopic (exact) mass is 581 g/mol. The fourth-order valence-corrected chi connectivity index (χ4v) is 11.7. The van der Waals surface area contributed by atoms with E-state index in [1.54, 1.807) is 0 Å². The Kier molecular flexibility index (Phi) is 2.63. The maximum absolute atomic E-state index is 2.51. The molecule has 0 aromatic heterocycles. The molecule has 0 bridgehead atoms. The van der Waals surface area contributed by atoms with E-state index in [0.29, 0.717) is 0 Å². The van der Waals surface area contributed by atoms with Crippen molar-refractivity contribution in [2.75, 3.05) is 0 Å². The molecule has 0 aliphatic heterocycles. The highest BCUT2D eigenvalue weighted by Crippen LogP contribution is 2.65. The molecule has 0 unspecified atom stereocenters. The Hall–Kier alpha value is -6.11. The normalized spacial score (nSPS) is 14.8. The van der Waals surface area contributed by atoms with Gasteiger partial charge in [-0.2, -0.15) is 0 Å². The highest BCUT2D eigenvalue weighted by atomic mass is 14.4.